The molecule has 3 rings (SSSR count). The normalized spacial score (nSPS) is 14.2. The molecule has 2 aromatic rings. The minimum atomic E-state index is -0.332. The zero-order valence-electron chi connectivity index (χ0n) is 15.1. The van der Waals surface area contributed by atoms with Gasteiger partial charge in [0.25, 0.3) is 0 Å². The van der Waals surface area contributed by atoms with Crippen LogP contribution in [0.4, 0.5) is 5.69 Å². The van der Waals surface area contributed by atoms with E-state index in [-0.39, 0.29) is 11.9 Å². The fourth-order valence-corrected chi connectivity index (χ4v) is 3.28. The number of piperazine rings is 1. The third-order valence-corrected chi connectivity index (χ3v) is 4.75. The van der Waals surface area contributed by atoms with Crippen LogP contribution in [0.1, 0.15) is 22.3 Å². The van der Waals surface area contributed by atoms with Crippen molar-refractivity contribution in [1.82, 2.24) is 4.90 Å². The number of esters is 1. The molecular weight excluding hydrogens is 328 g/mol. The van der Waals surface area contributed by atoms with Crippen molar-refractivity contribution in [3.05, 3.63) is 65.7 Å². The molecule has 5 nitrogen and oxygen atoms in total. The number of hydrogen-bond donors (Lipinski definition) is 0. The highest BCUT2D eigenvalue weighted by Crippen LogP contribution is 2.23. The molecule has 0 spiro atoms. The Kier molecular flexibility index (Phi) is 5.89. The van der Waals surface area contributed by atoms with Gasteiger partial charge in [0, 0.05) is 32.6 Å². The second kappa shape index (κ2) is 8.52. The number of carbonyl (C=O) groups is 2. The Hall–Kier alpha value is -2.82. The number of anilines is 1. The lowest BCUT2D eigenvalue weighted by Gasteiger charge is -2.36. The minimum absolute atomic E-state index is 0.190. The highest BCUT2D eigenvalue weighted by atomic mass is 16.5. The average Bonchev–Trinajstić information content (AvgIpc) is 2.72. The maximum atomic E-state index is 12.5. The molecule has 0 radical (unpaired) electrons. The average molecular weight is 352 g/mol. The maximum absolute atomic E-state index is 12.5. The number of rotatable bonds is 5. The summed E-state index contributed by atoms with van der Waals surface area (Å²) in [6, 6.07) is 17.5. The first kappa shape index (κ1) is 18.0. The molecule has 0 saturated carbocycles. The first-order valence-electron chi connectivity index (χ1n) is 8.93. The number of amides is 1. The molecule has 1 fully saturated rings. The molecule has 2 aromatic carbocycles. The fourth-order valence-electron chi connectivity index (χ4n) is 3.28. The van der Waals surface area contributed by atoms with Gasteiger partial charge in [0.2, 0.25) is 5.91 Å². The lowest BCUT2D eigenvalue weighted by atomic mass is 10.1. The van der Waals surface area contributed by atoms with Gasteiger partial charge in [-0.05, 0) is 24.1 Å². The number of carbonyl (C=O) groups excluding carboxylic acids is 2. The minimum Gasteiger partial charge on any atom is -0.465 e. The Morgan fingerprint density at radius 1 is 0.923 bits per heavy atom. The van der Waals surface area contributed by atoms with E-state index < -0.39 is 0 Å². The van der Waals surface area contributed by atoms with Crippen LogP contribution in [0.2, 0.25) is 0 Å². The van der Waals surface area contributed by atoms with E-state index in [0.717, 1.165) is 12.1 Å². The number of hydrogen-bond acceptors (Lipinski definition) is 4. The molecule has 0 N–H and O–H groups in total. The van der Waals surface area contributed by atoms with Crippen molar-refractivity contribution in [3.63, 3.8) is 0 Å². The van der Waals surface area contributed by atoms with Gasteiger partial charge in [-0.25, -0.2) is 4.79 Å². The molecule has 5 heteroatoms. The summed E-state index contributed by atoms with van der Waals surface area (Å²) in [6.45, 7) is 2.77. The van der Waals surface area contributed by atoms with Crippen LogP contribution in [0.5, 0.6) is 0 Å². The van der Waals surface area contributed by atoms with Crippen molar-refractivity contribution in [2.45, 2.75) is 12.8 Å². The van der Waals surface area contributed by atoms with E-state index in [4.69, 9.17) is 4.74 Å². The molecule has 136 valence electrons. The highest BCUT2D eigenvalue weighted by molar-refractivity contribution is 5.95. The van der Waals surface area contributed by atoms with Crippen LogP contribution >= 0.6 is 0 Å². The van der Waals surface area contributed by atoms with Crippen molar-refractivity contribution >= 4 is 17.6 Å². The Balaban J connectivity index is 1.56. The maximum Gasteiger partial charge on any atom is 0.339 e. The molecular formula is C21H24N2O3. The predicted octanol–water partition coefficient (Wildman–Crippen LogP) is 2.75. The van der Waals surface area contributed by atoms with E-state index in [1.54, 1.807) is 6.07 Å². The van der Waals surface area contributed by atoms with Gasteiger partial charge < -0.3 is 14.5 Å². The summed E-state index contributed by atoms with van der Waals surface area (Å²) >= 11 is 0. The van der Waals surface area contributed by atoms with Crippen molar-refractivity contribution < 1.29 is 14.3 Å². The Morgan fingerprint density at radius 2 is 1.58 bits per heavy atom. The van der Waals surface area contributed by atoms with Gasteiger partial charge in [-0.3, -0.25) is 4.79 Å². The zero-order chi connectivity index (χ0) is 18.4. The molecule has 1 amide bonds. The smallest absolute Gasteiger partial charge is 0.339 e. The van der Waals surface area contributed by atoms with Gasteiger partial charge in [-0.2, -0.15) is 0 Å². The van der Waals surface area contributed by atoms with Crippen LogP contribution in [0.3, 0.4) is 0 Å². The molecule has 0 bridgehead atoms. The lowest BCUT2D eigenvalue weighted by molar-refractivity contribution is -0.131. The second-order valence-corrected chi connectivity index (χ2v) is 6.36. The van der Waals surface area contributed by atoms with E-state index in [9.17, 15) is 9.59 Å². The van der Waals surface area contributed by atoms with Crippen LogP contribution in [0, 0.1) is 0 Å². The Morgan fingerprint density at radius 3 is 2.27 bits per heavy atom. The van der Waals surface area contributed by atoms with E-state index >= 15 is 0 Å². The van der Waals surface area contributed by atoms with E-state index in [0.29, 0.717) is 38.2 Å². The first-order chi connectivity index (χ1) is 12.7. The van der Waals surface area contributed by atoms with Gasteiger partial charge in [0.1, 0.15) is 0 Å². The Labute approximate surface area is 154 Å². The molecule has 26 heavy (non-hydrogen) atoms. The fraction of sp³-hybridized carbons (Fsp3) is 0.333. The topological polar surface area (TPSA) is 49.9 Å². The van der Waals surface area contributed by atoms with Gasteiger partial charge in [0.15, 0.2) is 0 Å². The van der Waals surface area contributed by atoms with Crippen LogP contribution in [0.15, 0.2) is 54.6 Å². The van der Waals surface area contributed by atoms with Crippen LogP contribution in [-0.2, 0) is 16.0 Å². The largest absolute Gasteiger partial charge is 0.465 e. The summed E-state index contributed by atoms with van der Waals surface area (Å²) in [5, 5.41) is 0. The molecule has 1 heterocycles. The number of methoxy groups -OCH3 is 1. The summed E-state index contributed by atoms with van der Waals surface area (Å²) in [5.74, 6) is -0.142. The first-order valence-corrected chi connectivity index (χ1v) is 8.93. The van der Waals surface area contributed by atoms with E-state index in [1.807, 2.05) is 41.3 Å². The van der Waals surface area contributed by atoms with E-state index in [1.165, 1.54) is 12.7 Å². The number of aryl methyl sites for hydroxylation is 1. The third-order valence-electron chi connectivity index (χ3n) is 4.75. The summed E-state index contributed by atoms with van der Waals surface area (Å²) in [6.07, 6.45) is 1.30. The molecule has 1 aliphatic heterocycles. The van der Waals surface area contributed by atoms with Gasteiger partial charge in [0.05, 0.1) is 18.4 Å². The van der Waals surface area contributed by atoms with Crippen molar-refractivity contribution in [1.29, 1.82) is 0 Å². The summed E-state index contributed by atoms with van der Waals surface area (Å²) in [7, 11) is 1.39. The van der Waals surface area contributed by atoms with Crippen LogP contribution in [0.25, 0.3) is 0 Å². The molecule has 1 saturated heterocycles. The number of ether oxygens (including phenoxy) is 1. The van der Waals surface area contributed by atoms with Gasteiger partial charge >= 0.3 is 5.97 Å². The van der Waals surface area contributed by atoms with Crippen LogP contribution in [-0.4, -0.2) is 50.1 Å². The van der Waals surface area contributed by atoms with Gasteiger partial charge in [-0.1, -0.05) is 42.5 Å². The standard InChI is InChI=1S/C21H24N2O3/c1-26-21(25)18-9-5-6-10-19(18)22-13-15-23(16-14-22)20(24)12-11-17-7-3-2-4-8-17/h2-10H,11-16H2,1H3. The molecule has 0 unspecified atom stereocenters. The predicted molar refractivity (Wildman–Crippen MR) is 101 cm³/mol. The lowest BCUT2D eigenvalue weighted by Crippen LogP contribution is -2.49. The van der Waals surface area contributed by atoms with Crippen molar-refractivity contribution in [2.24, 2.45) is 0 Å². The Bertz CT molecular complexity index is 753. The van der Waals surface area contributed by atoms with Crippen molar-refractivity contribution in [3.8, 4) is 0 Å². The summed E-state index contributed by atoms with van der Waals surface area (Å²) < 4.78 is 4.87. The summed E-state index contributed by atoms with van der Waals surface area (Å²) in [4.78, 5) is 28.5. The number of benzene rings is 2. The number of para-hydroxylation sites is 1. The van der Waals surface area contributed by atoms with E-state index in [2.05, 4.69) is 17.0 Å². The SMILES string of the molecule is COC(=O)c1ccccc1N1CCN(C(=O)CCc2ccccc2)CC1. The zero-order valence-corrected chi connectivity index (χ0v) is 15.1. The van der Waals surface area contributed by atoms with Crippen LogP contribution < -0.4 is 4.90 Å². The second-order valence-electron chi connectivity index (χ2n) is 6.36. The highest BCUT2D eigenvalue weighted by Gasteiger charge is 2.23. The van der Waals surface area contributed by atoms with Gasteiger partial charge in [-0.15, -0.1) is 0 Å². The third kappa shape index (κ3) is 4.23. The van der Waals surface area contributed by atoms with Crippen molar-refractivity contribution in [2.75, 3.05) is 38.2 Å². The molecule has 0 aromatic heterocycles. The molecule has 0 atom stereocenters. The quantitative estimate of drug-likeness (QED) is 0.777. The summed E-state index contributed by atoms with van der Waals surface area (Å²) in [5.41, 5.74) is 2.63. The monoisotopic (exact) mass is 352 g/mol. The molecule has 0 aliphatic carbocycles. The molecule has 1 aliphatic rings. The number of nitrogens with zero attached hydrogens (tertiary/aromatic N) is 2.